The number of hydrogen-bond acceptors (Lipinski definition) is 7. The van der Waals surface area contributed by atoms with E-state index >= 15 is 0 Å². The van der Waals surface area contributed by atoms with Crippen LogP contribution >= 0.6 is 35.6 Å². The van der Waals surface area contributed by atoms with Gasteiger partial charge in [-0.05, 0) is 36.3 Å². The van der Waals surface area contributed by atoms with E-state index in [1.165, 1.54) is 36.4 Å². The molecular weight excluding hydrogens is 444 g/mol. The van der Waals surface area contributed by atoms with Crippen molar-refractivity contribution in [2.24, 2.45) is 0 Å². The summed E-state index contributed by atoms with van der Waals surface area (Å²) in [6, 6.07) is 4.16. The summed E-state index contributed by atoms with van der Waals surface area (Å²) in [5.41, 5.74) is 0.470. The number of carboxylic acid groups (broad SMARTS) is 2. The lowest BCUT2D eigenvalue weighted by atomic mass is 10.1. The molecule has 0 saturated carbocycles. The number of nitro groups is 1. The second kappa shape index (κ2) is 9.63. The molecule has 1 aliphatic heterocycles. The van der Waals surface area contributed by atoms with Gasteiger partial charge in [0.1, 0.15) is 10.4 Å². The molecule has 0 aliphatic carbocycles. The average molecular weight is 457 g/mol. The second-order valence-electron chi connectivity index (χ2n) is 5.72. The number of benzene rings is 1. The van der Waals surface area contributed by atoms with Gasteiger partial charge in [0.05, 0.1) is 9.83 Å². The van der Waals surface area contributed by atoms with Crippen molar-refractivity contribution in [2.45, 2.75) is 18.9 Å². The Morgan fingerprint density at radius 2 is 1.93 bits per heavy atom. The molecule has 1 saturated heterocycles. The van der Waals surface area contributed by atoms with E-state index in [0.717, 1.165) is 16.7 Å². The lowest BCUT2D eigenvalue weighted by Gasteiger charge is -2.22. The van der Waals surface area contributed by atoms with E-state index in [9.17, 15) is 29.6 Å². The summed E-state index contributed by atoms with van der Waals surface area (Å²) in [4.78, 5) is 45.9. The molecule has 12 heteroatoms. The van der Waals surface area contributed by atoms with Crippen molar-refractivity contribution in [1.29, 1.82) is 0 Å². The summed E-state index contributed by atoms with van der Waals surface area (Å²) in [7, 11) is 0. The first-order valence-corrected chi connectivity index (χ1v) is 9.53. The smallest absolute Gasteiger partial charge is 0.326 e. The molecular formula is C17H13ClN2O7S2. The highest BCUT2D eigenvalue weighted by Gasteiger charge is 2.40. The van der Waals surface area contributed by atoms with Crippen LogP contribution in [0.4, 0.5) is 5.69 Å². The molecule has 152 valence electrons. The van der Waals surface area contributed by atoms with Gasteiger partial charge in [-0.25, -0.2) is 4.79 Å². The normalized spacial score (nSPS) is 16.9. The predicted molar refractivity (Wildman–Crippen MR) is 110 cm³/mol. The summed E-state index contributed by atoms with van der Waals surface area (Å²) in [6.07, 6.45) is 2.04. The van der Waals surface area contributed by atoms with Crippen LogP contribution in [0.5, 0.6) is 0 Å². The van der Waals surface area contributed by atoms with Crippen LogP contribution < -0.4 is 0 Å². The van der Waals surface area contributed by atoms with Crippen LogP contribution in [-0.2, 0) is 14.4 Å². The number of aliphatic carboxylic acids is 2. The number of non-ortho nitro benzene ring substituents is 1. The first kappa shape index (κ1) is 22.5. The average Bonchev–Trinajstić information content (AvgIpc) is 2.89. The van der Waals surface area contributed by atoms with Gasteiger partial charge in [-0.2, -0.15) is 0 Å². The molecule has 1 atom stereocenters. The minimum Gasteiger partial charge on any atom is -0.481 e. The zero-order chi connectivity index (χ0) is 21.7. The van der Waals surface area contributed by atoms with E-state index in [-0.39, 0.29) is 26.4 Å². The Labute approximate surface area is 178 Å². The minimum absolute atomic E-state index is 0.0150. The highest BCUT2D eigenvalue weighted by atomic mass is 35.5. The summed E-state index contributed by atoms with van der Waals surface area (Å²) >= 11 is 12.1. The Morgan fingerprint density at radius 3 is 2.45 bits per heavy atom. The van der Waals surface area contributed by atoms with Crippen molar-refractivity contribution >= 4 is 69.5 Å². The molecule has 1 unspecified atom stereocenters. The van der Waals surface area contributed by atoms with Gasteiger partial charge in [-0.15, -0.1) is 0 Å². The van der Waals surface area contributed by atoms with Gasteiger partial charge in [0.2, 0.25) is 0 Å². The molecule has 1 aromatic rings. The van der Waals surface area contributed by atoms with E-state index in [1.807, 2.05) is 0 Å². The number of thiocarbonyl (C=S) groups is 1. The van der Waals surface area contributed by atoms with E-state index in [0.29, 0.717) is 5.56 Å². The number of nitro benzene ring substituents is 1. The van der Waals surface area contributed by atoms with Crippen LogP contribution in [0.2, 0.25) is 0 Å². The van der Waals surface area contributed by atoms with Crippen molar-refractivity contribution in [3.05, 3.63) is 56.0 Å². The Morgan fingerprint density at radius 1 is 1.31 bits per heavy atom. The number of allylic oxidation sites excluding steroid dienone is 2. The molecule has 1 aliphatic rings. The van der Waals surface area contributed by atoms with Crippen molar-refractivity contribution in [1.82, 2.24) is 4.90 Å². The third-order valence-corrected chi connectivity index (χ3v) is 5.28. The number of rotatable bonds is 8. The zero-order valence-corrected chi connectivity index (χ0v) is 16.9. The minimum atomic E-state index is -1.40. The molecule has 29 heavy (non-hydrogen) atoms. The third-order valence-electron chi connectivity index (χ3n) is 3.73. The van der Waals surface area contributed by atoms with Crippen LogP contribution in [0.1, 0.15) is 18.4 Å². The molecule has 1 aromatic carbocycles. The number of carbonyl (C=O) groups is 3. The maximum Gasteiger partial charge on any atom is 0.326 e. The lowest BCUT2D eigenvalue weighted by Crippen LogP contribution is -2.44. The van der Waals surface area contributed by atoms with Gasteiger partial charge in [0.25, 0.3) is 11.6 Å². The monoisotopic (exact) mass is 456 g/mol. The van der Waals surface area contributed by atoms with E-state index in [2.05, 4.69) is 0 Å². The molecule has 1 amide bonds. The topological polar surface area (TPSA) is 138 Å². The molecule has 2 rings (SSSR count). The number of nitrogens with zero attached hydrogens (tertiary/aromatic N) is 2. The maximum absolute atomic E-state index is 12.6. The molecule has 0 radical (unpaired) electrons. The Bertz CT molecular complexity index is 944. The molecule has 9 nitrogen and oxygen atoms in total. The van der Waals surface area contributed by atoms with E-state index in [4.69, 9.17) is 28.9 Å². The fourth-order valence-electron chi connectivity index (χ4n) is 2.39. The highest BCUT2D eigenvalue weighted by molar-refractivity contribution is 8.26. The molecule has 1 heterocycles. The summed E-state index contributed by atoms with van der Waals surface area (Å²) in [6.45, 7) is 0. The van der Waals surface area contributed by atoms with Crippen LogP contribution in [0.3, 0.4) is 0 Å². The lowest BCUT2D eigenvalue weighted by molar-refractivity contribution is -0.384. The standard InChI is InChI=1S/C17H13ClN2O7S2/c18-10(7-9-1-3-11(4-2-9)20(26)27)8-13-15(23)19(17(28)29-13)12(16(24)25)5-6-14(21)22/h1-4,7-8,12H,5-6H2,(H,21,22)(H,24,25)/b10-7+,13-8-. The number of amides is 1. The predicted octanol–water partition coefficient (Wildman–Crippen LogP) is 3.24. The van der Waals surface area contributed by atoms with Gasteiger partial charge < -0.3 is 10.2 Å². The van der Waals surface area contributed by atoms with Gasteiger partial charge >= 0.3 is 11.9 Å². The van der Waals surface area contributed by atoms with Crippen molar-refractivity contribution in [3.8, 4) is 0 Å². The van der Waals surface area contributed by atoms with Crippen LogP contribution in [0, 0.1) is 10.1 Å². The Hall–Kier alpha value is -2.76. The van der Waals surface area contributed by atoms with Crippen LogP contribution in [-0.4, -0.2) is 48.2 Å². The fourth-order valence-corrected chi connectivity index (χ4v) is 4.04. The fraction of sp³-hybridized carbons (Fsp3) is 0.176. The number of halogens is 1. The van der Waals surface area contributed by atoms with Gasteiger partial charge in [0.15, 0.2) is 0 Å². The first-order valence-electron chi connectivity index (χ1n) is 7.93. The number of carboxylic acids is 2. The highest BCUT2D eigenvalue weighted by Crippen LogP contribution is 2.35. The van der Waals surface area contributed by atoms with E-state index < -0.39 is 35.2 Å². The Kier molecular flexibility index (Phi) is 7.48. The first-order chi connectivity index (χ1) is 13.6. The molecule has 0 bridgehead atoms. The van der Waals surface area contributed by atoms with E-state index in [1.54, 1.807) is 0 Å². The molecule has 2 N–H and O–H groups in total. The largest absolute Gasteiger partial charge is 0.481 e. The SMILES string of the molecule is O=C(O)CCC(C(=O)O)N1C(=O)/C(=C/C(Cl)=C\c2ccc([N+](=O)[O-])cc2)SC1=S. The molecule has 0 spiro atoms. The zero-order valence-electron chi connectivity index (χ0n) is 14.5. The van der Waals surface area contributed by atoms with Crippen molar-refractivity contribution in [2.75, 3.05) is 0 Å². The van der Waals surface area contributed by atoms with Gasteiger partial charge in [-0.3, -0.25) is 24.6 Å². The number of thioether (sulfide) groups is 1. The summed E-state index contributed by atoms with van der Waals surface area (Å²) in [5, 5.41) is 28.9. The van der Waals surface area contributed by atoms with Crippen molar-refractivity contribution < 1.29 is 29.5 Å². The van der Waals surface area contributed by atoms with Crippen LogP contribution in [0.15, 0.2) is 40.3 Å². The Balaban J connectivity index is 2.22. The number of hydrogen-bond donors (Lipinski definition) is 2. The second-order valence-corrected chi connectivity index (χ2v) is 7.83. The molecule has 1 fully saturated rings. The van der Waals surface area contributed by atoms with Crippen molar-refractivity contribution in [3.63, 3.8) is 0 Å². The summed E-state index contributed by atoms with van der Waals surface area (Å²) < 4.78 is -0.0150. The maximum atomic E-state index is 12.6. The molecule has 0 aromatic heterocycles. The van der Waals surface area contributed by atoms with Gasteiger partial charge in [-0.1, -0.05) is 35.6 Å². The van der Waals surface area contributed by atoms with Crippen LogP contribution in [0.25, 0.3) is 6.08 Å². The van der Waals surface area contributed by atoms with Gasteiger partial charge in [0, 0.05) is 23.6 Å². The summed E-state index contributed by atoms with van der Waals surface area (Å²) in [5.74, 6) is -3.24. The third kappa shape index (κ3) is 5.86. The quantitative estimate of drug-likeness (QED) is 0.261. The number of carbonyl (C=O) groups excluding carboxylic acids is 1.